The maximum absolute atomic E-state index is 4.29. The Hall–Kier alpha value is -2.02. The van der Waals surface area contributed by atoms with Crippen LogP contribution in [0.2, 0.25) is 0 Å². The van der Waals surface area contributed by atoms with Crippen LogP contribution in [0.15, 0.2) is 62.2 Å². The topological polar surface area (TPSA) is 3.24 Å². The zero-order valence-electron chi connectivity index (χ0n) is 12.7. The molecule has 1 aromatic rings. The lowest BCUT2D eigenvalue weighted by molar-refractivity contribution is 0.438. The molecule has 0 aliphatic rings. The predicted octanol–water partition coefficient (Wildman–Crippen LogP) is 5.14. The average Bonchev–Trinajstić information content (AvgIpc) is 2.46. The van der Waals surface area contributed by atoms with Crippen LogP contribution in [0, 0.1) is 0 Å². The number of nitrogens with zero attached hydrogens (tertiary/aromatic N) is 1. The molecule has 20 heavy (non-hydrogen) atoms. The molecule has 1 nitrogen and oxygen atoms in total. The van der Waals surface area contributed by atoms with Crippen LogP contribution in [0.5, 0.6) is 0 Å². The van der Waals surface area contributed by atoms with Crippen molar-refractivity contribution < 1.29 is 0 Å². The van der Waals surface area contributed by atoms with E-state index in [1.54, 1.807) is 0 Å². The summed E-state index contributed by atoms with van der Waals surface area (Å²) >= 11 is 0. The van der Waals surface area contributed by atoms with E-state index in [9.17, 15) is 0 Å². The largest absolute Gasteiger partial charge is 0.368 e. The van der Waals surface area contributed by atoms with Gasteiger partial charge in [-0.2, -0.15) is 0 Å². The van der Waals surface area contributed by atoms with Gasteiger partial charge in [0.1, 0.15) is 0 Å². The van der Waals surface area contributed by atoms with Crippen LogP contribution in [-0.4, -0.2) is 18.0 Å². The van der Waals surface area contributed by atoms with Crippen molar-refractivity contribution >= 4 is 11.3 Å². The molecule has 106 valence electrons. The zero-order valence-corrected chi connectivity index (χ0v) is 12.7. The van der Waals surface area contributed by atoms with Gasteiger partial charge in [-0.05, 0) is 24.5 Å². The fourth-order valence-corrected chi connectivity index (χ4v) is 2.28. The lowest BCUT2D eigenvalue weighted by Gasteiger charge is -2.26. The van der Waals surface area contributed by atoms with E-state index in [2.05, 4.69) is 62.7 Å². The summed E-state index contributed by atoms with van der Waals surface area (Å²) in [7, 11) is 0. The Bertz CT molecular complexity index is 508. The number of hydrogen-bond acceptors (Lipinski definition) is 1. The first-order valence-electron chi connectivity index (χ1n) is 7.09. The van der Waals surface area contributed by atoms with Crippen molar-refractivity contribution in [2.75, 3.05) is 13.1 Å². The maximum atomic E-state index is 4.29. The quantitative estimate of drug-likeness (QED) is 0.465. The summed E-state index contributed by atoms with van der Waals surface area (Å²) in [4.78, 5) is 2.27. The molecule has 0 atom stereocenters. The minimum atomic E-state index is 0.825. The molecular weight excluding hydrogens is 242 g/mol. The van der Waals surface area contributed by atoms with Gasteiger partial charge in [0, 0.05) is 24.4 Å². The van der Waals surface area contributed by atoms with Crippen molar-refractivity contribution in [1.29, 1.82) is 0 Å². The van der Waals surface area contributed by atoms with Gasteiger partial charge in [-0.1, -0.05) is 62.6 Å². The Labute approximate surface area is 123 Å². The first kappa shape index (κ1) is 16.0. The summed E-state index contributed by atoms with van der Waals surface area (Å²) in [6, 6.07) is 8.38. The van der Waals surface area contributed by atoms with E-state index in [1.807, 2.05) is 18.2 Å². The van der Waals surface area contributed by atoms with Crippen LogP contribution in [0.25, 0.3) is 11.3 Å². The van der Waals surface area contributed by atoms with Crippen LogP contribution < -0.4 is 0 Å². The second kappa shape index (κ2) is 8.21. The normalized spacial score (nSPS) is 11.0. The van der Waals surface area contributed by atoms with Crippen molar-refractivity contribution in [2.45, 2.75) is 20.3 Å². The molecule has 1 rings (SSSR count). The zero-order chi connectivity index (χ0) is 15.0. The van der Waals surface area contributed by atoms with Crippen LogP contribution in [0.3, 0.4) is 0 Å². The maximum Gasteiger partial charge on any atom is 0.0375 e. The third kappa shape index (κ3) is 3.99. The molecule has 0 amide bonds. The number of allylic oxidation sites excluding steroid dienone is 3. The van der Waals surface area contributed by atoms with Gasteiger partial charge in [0.2, 0.25) is 0 Å². The standard InChI is InChI=1S/C19H25N/c1-6-11-16(4)18-12-9-10-13-19(18)17(5)20(14-7-2)15-8-3/h6-7,9-13H,1-2,5,8,14-15H2,3-4H3/b16-11+. The molecule has 0 bridgehead atoms. The van der Waals surface area contributed by atoms with E-state index >= 15 is 0 Å². The highest BCUT2D eigenvalue weighted by molar-refractivity contribution is 5.78. The second-order valence-electron chi connectivity index (χ2n) is 4.81. The van der Waals surface area contributed by atoms with Gasteiger partial charge in [0.05, 0.1) is 0 Å². The molecule has 0 saturated carbocycles. The molecule has 0 heterocycles. The molecule has 0 radical (unpaired) electrons. The number of rotatable bonds is 8. The first-order chi connectivity index (χ1) is 9.65. The fraction of sp³-hybridized carbons (Fsp3) is 0.263. The van der Waals surface area contributed by atoms with Gasteiger partial charge in [-0.15, -0.1) is 6.58 Å². The number of benzene rings is 1. The van der Waals surface area contributed by atoms with Gasteiger partial charge in [0.25, 0.3) is 0 Å². The summed E-state index contributed by atoms with van der Waals surface area (Å²) in [5.41, 5.74) is 4.65. The van der Waals surface area contributed by atoms with Gasteiger partial charge < -0.3 is 4.90 Å². The van der Waals surface area contributed by atoms with Gasteiger partial charge in [-0.3, -0.25) is 0 Å². The Balaban J connectivity index is 3.17. The fourth-order valence-electron chi connectivity index (χ4n) is 2.28. The summed E-state index contributed by atoms with van der Waals surface area (Å²) in [6.07, 6.45) is 6.87. The van der Waals surface area contributed by atoms with E-state index < -0.39 is 0 Å². The highest BCUT2D eigenvalue weighted by atomic mass is 15.1. The van der Waals surface area contributed by atoms with Crippen molar-refractivity contribution in [1.82, 2.24) is 4.90 Å². The molecule has 1 heteroatoms. The predicted molar refractivity (Wildman–Crippen MR) is 91.4 cm³/mol. The molecule has 1 aromatic carbocycles. The first-order valence-corrected chi connectivity index (χ1v) is 7.09. The van der Waals surface area contributed by atoms with Crippen LogP contribution in [-0.2, 0) is 0 Å². The minimum absolute atomic E-state index is 0.825. The van der Waals surface area contributed by atoms with E-state index in [4.69, 9.17) is 0 Å². The summed E-state index contributed by atoms with van der Waals surface area (Å²) in [5.74, 6) is 0. The molecule has 0 spiro atoms. The third-order valence-corrected chi connectivity index (χ3v) is 3.26. The Morgan fingerprint density at radius 2 is 1.85 bits per heavy atom. The van der Waals surface area contributed by atoms with E-state index in [0.717, 1.165) is 25.2 Å². The molecule has 0 aromatic heterocycles. The minimum Gasteiger partial charge on any atom is -0.368 e. The Morgan fingerprint density at radius 3 is 2.40 bits per heavy atom. The SMILES string of the molecule is C=C/C=C(\C)c1ccccc1C(=C)N(CC=C)CCC. The van der Waals surface area contributed by atoms with Gasteiger partial charge in [0.15, 0.2) is 0 Å². The molecule has 0 unspecified atom stereocenters. The lowest BCUT2D eigenvalue weighted by Crippen LogP contribution is -2.23. The van der Waals surface area contributed by atoms with Crippen LogP contribution in [0.4, 0.5) is 0 Å². The molecule has 0 fully saturated rings. The van der Waals surface area contributed by atoms with Crippen LogP contribution >= 0.6 is 0 Å². The molecule has 0 saturated heterocycles. The van der Waals surface area contributed by atoms with E-state index in [1.165, 1.54) is 16.7 Å². The van der Waals surface area contributed by atoms with E-state index in [-0.39, 0.29) is 0 Å². The second-order valence-corrected chi connectivity index (χ2v) is 4.81. The summed E-state index contributed by atoms with van der Waals surface area (Å²) < 4.78 is 0. The van der Waals surface area contributed by atoms with Crippen molar-refractivity contribution in [3.8, 4) is 0 Å². The van der Waals surface area contributed by atoms with Crippen LogP contribution in [0.1, 0.15) is 31.4 Å². The summed E-state index contributed by atoms with van der Waals surface area (Å²) in [5, 5.41) is 0. The number of hydrogen-bond donors (Lipinski definition) is 0. The highest BCUT2D eigenvalue weighted by Gasteiger charge is 2.11. The van der Waals surface area contributed by atoms with Gasteiger partial charge >= 0.3 is 0 Å². The monoisotopic (exact) mass is 267 g/mol. The Kier molecular flexibility index (Phi) is 6.58. The smallest absolute Gasteiger partial charge is 0.0375 e. The average molecular weight is 267 g/mol. The van der Waals surface area contributed by atoms with Crippen molar-refractivity contribution in [3.05, 3.63) is 73.4 Å². The van der Waals surface area contributed by atoms with Crippen molar-refractivity contribution in [2.24, 2.45) is 0 Å². The highest BCUT2D eigenvalue weighted by Crippen LogP contribution is 2.26. The molecule has 0 N–H and O–H groups in total. The summed E-state index contributed by atoms with van der Waals surface area (Å²) in [6.45, 7) is 18.0. The molecule has 0 aliphatic heterocycles. The lowest BCUT2D eigenvalue weighted by atomic mass is 9.98. The van der Waals surface area contributed by atoms with E-state index in [0.29, 0.717) is 0 Å². The molecule has 0 aliphatic carbocycles. The Morgan fingerprint density at radius 1 is 1.20 bits per heavy atom. The van der Waals surface area contributed by atoms with Gasteiger partial charge in [-0.25, -0.2) is 0 Å². The third-order valence-electron chi connectivity index (χ3n) is 3.26. The molecular formula is C19H25N. The van der Waals surface area contributed by atoms with Crippen molar-refractivity contribution in [3.63, 3.8) is 0 Å².